The fourth-order valence-electron chi connectivity index (χ4n) is 1.71. The van der Waals surface area contributed by atoms with Crippen LogP contribution in [0, 0.1) is 24.1 Å². The maximum Gasteiger partial charge on any atom is 0.130 e. The van der Waals surface area contributed by atoms with Gasteiger partial charge in [0.1, 0.15) is 11.6 Å². The van der Waals surface area contributed by atoms with Crippen LogP contribution in [0.15, 0.2) is 30.3 Å². The Morgan fingerprint density at radius 1 is 1.28 bits per heavy atom. The summed E-state index contributed by atoms with van der Waals surface area (Å²) in [6.07, 6.45) is 0.895. The number of aromatic nitrogens is 2. The molecular weight excluding hydrogens is 229 g/mol. The zero-order valence-electron chi connectivity index (χ0n) is 10.0. The monoisotopic (exact) mass is 241 g/mol. The largest absolute Gasteiger partial charge is 0.238 e. The van der Waals surface area contributed by atoms with Gasteiger partial charge in [-0.3, -0.25) is 0 Å². The van der Waals surface area contributed by atoms with Crippen molar-refractivity contribution in [3.8, 4) is 17.3 Å². The molecule has 0 saturated carbocycles. The van der Waals surface area contributed by atoms with Crippen molar-refractivity contribution in [3.63, 3.8) is 0 Å². The summed E-state index contributed by atoms with van der Waals surface area (Å²) in [5, 5.41) is 8.56. The summed E-state index contributed by atoms with van der Waals surface area (Å²) in [6.45, 7) is 1.86. The Balaban J connectivity index is 2.39. The van der Waals surface area contributed by atoms with E-state index in [-0.39, 0.29) is 5.82 Å². The minimum atomic E-state index is -0.289. The van der Waals surface area contributed by atoms with Gasteiger partial charge in [0.15, 0.2) is 0 Å². The fourth-order valence-corrected chi connectivity index (χ4v) is 1.71. The number of aryl methyl sites for hydroxylation is 2. The quantitative estimate of drug-likeness (QED) is 0.829. The third kappa shape index (κ3) is 2.89. The first-order valence-corrected chi connectivity index (χ1v) is 5.66. The molecule has 0 unspecified atom stereocenters. The molecule has 0 N–H and O–H groups in total. The molecule has 2 aromatic rings. The number of benzene rings is 1. The van der Waals surface area contributed by atoms with Crippen molar-refractivity contribution in [3.05, 3.63) is 47.7 Å². The maximum atomic E-state index is 13.2. The molecule has 0 aliphatic carbocycles. The Morgan fingerprint density at radius 3 is 2.83 bits per heavy atom. The van der Waals surface area contributed by atoms with E-state index in [1.807, 2.05) is 13.0 Å². The highest BCUT2D eigenvalue weighted by Gasteiger charge is 2.05. The van der Waals surface area contributed by atoms with Gasteiger partial charge in [0, 0.05) is 24.1 Å². The fraction of sp³-hybridized carbons (Fsp3) is 0.214. The summed E-state index contributed by atoms with van der Waals surface area (Å²) in [6, 6.07) is 10.2. The summed E-state index contributed by atoms with van der Waals surface area (Å²) in [4.78, 5) is 8.62. The van der Waals surface area contributed by atoms with Gasteiger partial charge in [-0.05, 0) is 25.1 Å². The van der Waals surface area contributed by atoms with Gasteiger partial charge in [-0.2, -0.15) is 5.26 Å². The van der Waals surface area contributed by atoms with Crippen LogP contribution in [0.5, 0.6) is 0 Å². The lowest BCUT2D eigenvalue weighted by atomic mass is 10.1. The molecule has 4 heteroatoms. The van der Waals surface area contributed by atoms with Crippen LogP contribution < -0.4 is 0 Å². The van der Waals surface area contributed by atoms with Gasteiger partial charge in [0.05, 0.1) is 11.8 Å². The summed E-state index contributed by atoms with van der Waals surface area (Å²) in [5.74, 6) is 0.332. The van der Waals surface area contributed by atoms with Crippen molar-refractivity contribution in [1.29, 1.82) is 5.26 Å². The molecule has 0 atom stereocenters. The summed E-state index contributed by atoms with van der Waals surface area (Å²) in [7, 11) is 0. The van der Waals surface area contributed by atoms with E-state index < -0.39 is 0 Å². The first kappa shape index (κ1) is 12.2. The van der Waals surface area contributed by atoms with Crippen LogP contribution in [0.2, 0.25) is 0 Å². The molecule has 0 fully saturated rings. The Hall–Kier alpha value is -2.28. The van der Waals surface area contributed by atoms with Crippen LogP contribution in [-0.4, -0.2) is 9.97 Å². The molecule has 0 aliphatic rings. The van der Waals surface area contributed by atoms with E-state index in [1.165, 1.54) is 12.1 Å². The van der Waals surface area contributed by atoms with Crippen molar-refractivity contribution >= 4 is 0 Å². The second-order valence-corrected chi connectivity index (χ2v) is 3.98. The van der Waals surface area contributed by atoms with E-state index >= 15 is 0 Å². The standard InChI is InChI=1S/C14H12FN3/c1-10-8-13(11-4-2-5-12(15)9-11)18-14(17-10)6-3-7-16/h2,4-5,8-9H,3,6H2,1H3. The third-order valence-corrected chi connectivity index (χ3v) is 2.48. The lowest BCUT2D eigenvalue weighted by Gasteiger charge is -2.05. The van der Waals surface area contributed by atoms with E-state index in [9.17, 15) is 4.39 Å². The predicted molar refractivity (Wildman–Crippen MR) is 66.1 cm³/mol. The Kier molecular flexibility index (Phi) is 3.63. The summed E-state index contributed by atoms with van der Waals surface area (Å²) >= 11 is 0. The van der Waals surface area contributed by atoms with Crippen molar-refractivity contribution in [2.24, 2.45) is 0 Å². The van der Waals surface area contributed by atoms with E-state index in [2.05, 4.69) is 16.0 Å². The van der Waals surface area contributed by atoms with Crippen LogP contribution in [0.1, 0.15) is 17.9 Å². The molecule has 0 spiro atoms. The molecule has 1 aromatic carbocycles. The Morgan fingerprint density at radius 2 is 2.11 bits per heavy atom. The Bertz CT molecular complexity index is 602. The zero-order chi connectivity index (χ0) is 13.0. The van der Waals surface area contributed by atoms with Gasteiger partial charge in [-0.15, -0.1) is 0 Å². The van der Waals surface area contributed by atoms with Crippen LogP contribution in [0.25, 0.3) is 11.3 Å². The predicted octanol–water partition coefficient (Wildman–Crippen LogP) is 3.05. The van der Waals surface area contributed by atoms with Crippen molar-refractivity contribution in [1.82, 2.24) is 9.97 Å². The summed E-state index contributed by atoms with van der Waals surface area (Å²) < 4.78 is 13.2. The van der Waals surface area contributed by atoms with Gasteiger partial charge in [0.25, 0.3) is 0 Å². The number of rotatable bonds is 3. The number of hydrogen-bond acceptors (Lipinski definition) is 3. The van der Waals surface area contributed by atoms with Gasteiger partial charge >= 0.3 is 0 Å². The highest BCUT2D eigenvalue weighted by molar-refractivity contribution is 5.59. The van der Waals surface area contributed by atoms with Crippen LogP contribution in [0.3, 0.4) is 0 Å². The molecule has 0 aliphatic heterocycles. The molecule has 0 radical (unpaired) electrons. The molecule has 90 valence electrons. The Labute approximate surface area is 105 Å². The zero-order valence-corrected chi connectivity index (χ0v) is 10.0. The van der Waals surface area contributed by atoms with E-state index in [0.717, 1.165) is 11.3 Å². The first-order chi connectivity index (χ1) is 8.69. The average molecular weight is 241 g/mol. The minimum Gasteiger partial charge on any atom is -0.238 e. The molecule has 0 amide bonds. The van der Waals surface area contributed by atoms with E-state index in [4.69, 9.17) is 5.26 Å². The smallest absolute Gasteiger partial charge is 0.130 e. The third-order valence-electron chi connectivity index (χ3n) is 2.48. The molecule has 1 aromatic heterocycles. The van der Waals surface area contributed by atoms with Crippen molar-refractivity contribution < 1.29 is 4.39 Å². The first-order valence-electron chi connectivity index (χ1n) is 5.66. The van der Waals surface area contributed by atoms with Gasteiger partial charge < -0.3 is 0 Å². The van der Waals surface area contributed by atoms with Gasteiger partial charge in [-0.25, -0.2) is 14.4 Å². The molecule has 18 heavy (non-hydrogen) atoms. The van der Waals surface area contributed by atoms with Gasteiger partial charge in [-0.1, -0.05) is 12.1 Å². The molecule has 0 bridgehead atoms. The average Bonchev–Trinajstić information content (AvgIpc) is 2.36. The van der Waals surface area contributed by atoms with Crippen LogP contribution in [-0.2, 0) is 6.42 Å². The summed E-state index contributed by atoms with van der Waals surface area (Å²) in [5.41, 5.74) is 2.23. The van der Waals surface area contributed by atoms with Gasteiger partial charge in [0.2, 0.25) is 0 Å². The van der Waals surface area contributed by atoms with Crippen LogP contribution >= 0.6 is 0 Å². The number of halogens is 1. The molecule has 3 nitrogen and oxygen atoms in total. The topological polar surface area (TPSA) is 49.6 Å². The lowest BCUT2D eigenvalue weighted by molar-refractivity contribution is 0.628. The maximum absolute atomic E-state index is 13.2. The lowest BCUT2D eigenvalue weighted by Crippen LogP contribution is -1.99. The SMILES string of the molecule is Cc1cc(-c2cccc(F)c2)nc(CCC#N)n1. The number of nitriles is 1. The minimum absolute atomic E-state index is 0.289. The van der Waals surface area contributed by atoms with Crippen LogP contribution in [0.4, 0.5) is 4.39 Å². The molecule has 2 rings (SSSR count). The molecular formula is C14H12FN3. The van der Waals surface area contributed by atoms with E-state index in [1.54, 1.807) is 12.1 Å². The van der Waals surface area contributed by atoms with E-state index in [0.29, 0.717) is 24.4 Å². The highest BCUT2D eigenvalue weighted by Crippen LogP contribution is 2.19. The second kappa shape index (κ2) is 5.37. The number of hydrogen-bond donors (Lipinski definition) is 0. The molecule has 1 heterocycles. The highest BCUT2D eigenvalue weighted by atomic mass is 19.1. The number of nitrogens with zero attached hydrogens (tertiary/aromatic N) is 3. The van der Waals surface area contributed by atoms with Crippen molar-refractivity contribution in [2.45, 2.75) is 19.8 Å². The molecule has 0 saturated heterocycles. The second-order valence-electron chi connectivity index (χ2n) is 3.98. The van der Waals surface area contributed by atoms with Crippen molar-refractivity contribution in [2.75, 3.05) is 0 Å². The normalized spacial score (nSPS) is 10.1.